The van der Waals surface area contributed by atoms with Gasteiger partial charge in [0.15, 0.2) is 0 Å². The van der Waals surface area contributed by atoms with E-state index in [1.54, 1.807) is 6.92 Å². The lowest BCUT2D eigenvalue weighted by Gasteiger charge is -2.01. The van der Waals surface area contributed by atoms with Gasteiger partial charge in [-0.3, -0.25) is 0 Å². The number of halogens is 2. The number of allylic oxidation sites excluding steroid dienone is 2. The van der Waals surface area contributed by atoms with Gasteiger partial charge >= 0.3 is 0 Å². The third-order valence-corrected chi connectivity index (χ3v) is 3.53. The molecule has 0 radical (unpaired) electrons. The lowest BCUT2D eigenvalue weighted by atomic mass is 10.1. The molecule has 20 heavy (non-hydrogen) atoms. The highest BCUT2D eigenvalue weighted by molar-refractivity contribution is 7.11. The molecule has 0 spiro atoms. The number of aliphatic hydroxyl groups is 1. The molecule has 0 bridgehead atoms. The number of nitrogens with zero attached hydrogens (tertiary/aromatic N) is 2. The van der Waals surface area contributed by atoms with Gasteiger partial charge in [-0.1, -0.05) is 13.0 Å². The lowest BCUT2D eigenvalue weighted by molar-refractivity contribution is 0.398. The van der Waals surface area contributed by atoms with Gasteiger partial charge in [-0.15, -0.1) is 11.3 Å². The SMILES string of the molecule is CC/C(O)=C(/C#N)c1nc(-c2c(F)cccc2F)cs1. The smallest absolute Gasteiger partial charge is 0.138 e. The Labute approximate surface area is 118 Å². The van der Waals surface area contributed by atoms with Crippen LogP contribution < -0.4 is 0 Å². The first-order chi connectivity index (χ1) is 9.58. The van der Waals surface area contributed by atoms with E-state index in [2.05, 4.69) is 4.98 Å². The Morgan fingerprint density at radius 2 is 2.05 bits per heavy atom. The van der Waals surface area contributed by atoms with Gasteiger partial charge in [-0.25, -0.2) is 13.8 Å². The molecule has 3 nitrogen and oxygen atoms in total. The molecule has 0 amide bonds. The highest BCUT2D eigenvalue weighted by Gasteiger charge is 2.17. The molecule has 1 aromatic heterocycles. The van der Waals surface area contributed by atoms with Crippen LogP contribution in [0, 0.1) is 23.0 Å². The van der Waals surface area contributed by atoms with E-state index in [0.717, 1.165) is 23.5 Å². The summed E-state index contributed by atoms with van der Waals surface area (Å²) >= 11 is 1.05. The van der Waals surface area contributed by atoms with Crippen LogP contribution in [0.2, 0.25) is 0 Å². The van der Waals surface area contributed by atoms with Crippen LogP contribution in [0.1, 0.15) is 18.4 Å². The number of aliphatic hydroxyl groups excluding tert-OH is 1. The Morgan fingerprint density at radius 3 is 2.60 bits per heavy atom. The van der Waals surface area contributed by atoms with Crippen molar-refractivity contribution in [2.45, 2.75) is 13.3 Å². The quantitative estimate of drug-likeness (QED) is 0.678. The highest BCUT2D eigenvalue weighted by atomic mass is 32.1. The van der Waals surface area contributed by atoms with E-state index in [-0.39, 0.29) is 34.0 Å². The lowest BCUT2D eigenvalue weighted by Crippen LogP contribution is -1.92. The van der Waals surface area contributed by atoms with Crippen molar-refractivity contribution in [3.63, 3.8) is 0 Å². The summed E-state index contributed by atoms with van der Waals surface area (Å²) in [5.74, 6) is -1.53. The first-order valence-electron chi connectivity index (χ1n) is 5.81. The maximum absolute atomic E-state index is 13.7. The Bertz CT molecular complexity index is 696. The summed E-state index contributed by atoms with van der Waals surface area (Å²) in [7, 11) is 0. The standard InChI is InChI=1S/C14H10F2N2OS/c1-2-12(19)8(6-17)14-18-11(7-20-14)13-9(15)4-3-5-10(13)16/h3-5,7,19H,2H2,1H3/b12-8+. The summed E-state index contributed by atoms with van der Waals surface area (Å²) in [5, 5.41) is 20.4. The van der Waals surface area contributed by atoms with Crippen LogP contribution in [0.25, 0.3) is 16.8 Å². The number of nitriles is 1. The predicted octanol–water partition coefficient (Wildman–Crippen LogP) is 4.29. The third kappa shape index (κ3) is 2.53. The molecule has 0 aliphatic rings. The van der Waals surface area contributed by atoms with Crippen molar-refractivity contribution in [2.24, 2.45) is 0 Å². The summed E-state index contributed by atoms with van der Waals surface area (Å²) in [6.45, 7) is 1.69. The van der Waals surface area contributed by atoms with Gasteiger partial charge in [0.05, 0.1) is 11.3 Å². The van der Waals surface area contributed by atoms with Gasteiger partial charge in [-0.2, -0.15) is 5.26 Å². The molecule has 0 atom stereocenters. The molecule has 1 heterocycles. The van der Waals surface area contributed by atoms with E-state index in [1.165, 1.54) is 11.4 Å². The second-order valence-corrected chi connectivity index (χ2v) is 4.78. The van der Waals surface area contributed by atoms with Gasteiger partial charge in [-0.05, 0) is 12.1 Å². The number of benzene rings is 1. The van der Waals surface area contributed by atoms with Crippen molar-refractivity contribution in [1.82, 2.24) is 4.98 Å². The van der Waals surface area contributed by atoms with Crippen molar-refractivity contribution in [2.75, 3.05) is 0 Å². The molecule has 1 N–H and O–H groups in total. The topological polar surface area (TPSA) is 56.9 Å². The Balaban J connectivity index is 2.53. The Morgan fingerprint density at radius 1 is 1.40 bits per heavy atom. The molecule has 2 rings (SSSR count). The van der Waals surface area contributed by atoms with Crippen molar-refractivity contribution < 1.29 is 13.9 Å². The molecule has 2 aromatic rings. The van der Waals surface area contributed by atoms with Crippen molar-refractivity contribution in [1.29, 1.82) is 5.26 Å². The number of aromatic nitrogens is 1. The fraction of sp³-hybridized carbons (Fsp3) is 0.143. The van der Waals surface area contributed by atoms with E-state index < -0.39 is 11.6 Å². The van der Waals surface area contributed by atoms with Crippen molar-refractivity contribution in [3.05, 3.63) is 46.0 Å². The van der Waals surface area contributed by atoms with E-state index in [0.29, 0.717) is 0 Å². The molecular weight excluding hydrogens is 282 g/mol. The molecule has 0 saturated carbocycles. The molecule has 1 aromatic carbocycles. The average Bonchev–Trinajstić information content (AvgIpc) is 2.88. The molecule has 0 fully saturated rings. The van der Waals surface area contributed by atoms with Crippen LogP contribution >= 0.6 is 11.3 Å². The Hall–Kier alpha value is -2.26. The Kier molecular flexibility index (Phi) is 4.11. The largest absolute Gasteiger partial charge is 0.511 e. The number of rotatable bonds is 3. The summed E-state index contributed by atoms with van der Waals surface area (Å²) in [4.78, 5) is 4.04. The van der Waals surface area contributed by atoms with E-state index in [1.807, 2.05) is 6.07 Å². The molecular formula is C14H10F2N2OS. The van der Waals surface area contributed by atoms with Crippen molar-refractivity contribution >= 4 is 16.9 Å². The van der Waals surface area contributed by atoms with Crippen LogP contribution in [0.5, 0.6) is 0 Å². The zero-order chi connectivity index (χ0) is 14.7. The third-order valence-electron chi connectivity index (χ3n) is 2.67. The first kappa shape index (κ1) is 14.2. The minimum atomic E-state index is -0.718. The van der Waals surface area contributed by atoms with Gasteiger partial charge in [0.25, 0.3) is 0 Å². The van der Waals surface area contributed by atoms with Crippen LogP contribution in [-0.4, -0.2) is 10.1 Å². The molecule has 0 aliphatic carbocycles. The summed E-state index contributed by atoms with van der Waals surface area (Å²) in [5.41, 5.74) is -0.0963. The first-order valence-corrected chi connectivity index (χ1v) is 6.69. The second-order valence-electron chi connectivity index (χ2n) is 3.92. The van der Waals surface area contributed by atoms with E-state index in [4.69, 9.17) is 5.26 Å². The average molecular weight is 292 g/mol. The van der Waals surface area contributed by atoms with Crippen LogP contribution in [0.4, 0.5) is 8.78 Å². The van der Waals surface area contributed by atoms with Gasteiger partial charge in [0, 0.05) is 11.8 Å². The monoisotopic (exact) mass is 292 g/mol. The second kappa shape index (κ2) is 5.80. The van der Waals surface area contributed by atoms with E-state index in [9.17, 15) is 13.9 Å². The summed E-state index contributed by atoms with van der Waals surface area (Å²) < 4.78 is 27.3. The highest BCUT2D eigenvalue weighted by Crippen LogP contribution is 2.30. The van der Waals surface area contributed by atoms with Gasteiger partial charge in [0.1, 0.15) is 34.0 Å². The maximum Gasteiger partial charge on any atom is 0.138 e. The molecule has 6 heteroatoms. The van der Waals surface area contributed by atoms with Gasteiger partial charge in [0.2, 0.25) is 0 Å². The number of hydrogen-bond donors (Lipinski definition) is 1. The zero-order valence-electron chi connectivity index (χ0n) is 10.5. The maximum atomic E-state index is 13.7. The molecule has 0 saturated heterocycles. The molecule has 0 unspecified atom stereocenters. The van der Waals surface area contributed by atoms with Crippen LogP contribution in [-0.2, 0) is 0 Å². The zero-order valence-corrected chi connectivity index (χ0v) is 11.3. The van der Waals surface area contributed by atoms with E-state index >= 15 is 0 Å². The molecule has 0 aliphatic heterocycles. The van der Waals surface area contributed by atoms with Gasteiger partial charge < -0.3 is 5.11 Å². The van der Waals surface area contributed by atoms with Crippen LogP contribution in [0.15, 0.2) is 29.3 Å². The minimum Gasteiger partial charge on any atom is -0.511 e. The minimum absolute atomic E-state index is 0.0282. The van der Waals surface area contributed by atoms with Crippen LogP contribution in [0.3, 0.4) is 0 Å². The van der Waals surface area contributed by atoms with Crippen molar-refractivity contribution in [3.8, 4) is 17.3 Å². The summed E-state index contributed by atoms with van der Waals surface area (Å²) in [6, 6.07) is 5.40. The fourth-order valence-corrected chi connectivity index (χ4v) is 2.48. The fourth-order valence-electron chi connectivity index (χ4n) is 1.66. The summed E-state index contributed by atoms with van der Waals surface area (Å²) in [6.07, 6.45) is 0.284. The molecule has 102 valence electrons. The number of hydrogen-bond acceptors (Lipinski definition) is 4. The number of thiazole rings is 1. The normalized spacial score (nSPS) is 11.9. The predicted molar refractivity (Wildman–Crippen MR) is 72.9 cm³/mol.